The Bertz CT molecular complexity index is 583. The molecule has 21 heavy (non-hydrogen) atoms. The van der Waals surface area contributed by atoms with Gasteiger partial charge in [0.2, 0.25) is 0 Å². The highest BCUT2D eigenvalue weighted by molar-refractivity contribution is 5.91. The number of hydrogen-bond acceptors (Lipinski definition) is 4. The fourth-order valence-corrected chi connectivity index (χ4v) is 2.96. The molecule has 2 aromatic heterocycles. The van der Waals surface area contributed by atoms with Crippen LogP contribution in [0.15, 0.2) is 47.3 Å². The summed E-state index contributed by atoms with van der Waals surface area (Å²) in [6.45, 7) is 1.99. The summed E-state index contributed by atoms with van der Waals surface area (Å²) in [4.78, 5) is 18.3. The van der Waals surface area contributed by atoms with Crippen molar-refractivity contribution < 1.29 is 13.9 Å². The highest BCUT2D eigenvalue weighted by Gasteiger charge is 2.37. The van der Waals surface area contributed by atoms with E-state index in [0.29, 0.717) is 25.5 Å². The highest BCUT2D eigenvalue weighted by atomic mass is 16.5. The summed E-state index contributed by atoms with van der Waals surface area (Å²) >= 11 is 0. The molecule has 3 heterocycles. The minimum atomic E-state index is -0.0577. The molecule has 1 amide bonds. The van der Waals surface area contributed by atoms with Gasteiger partial charge in [0.1, 0.15) is 0 Å². The summed E-state index contributed by atoms with van der Waals surface area (Å²) in [6.07, 6.45) is 5.10. The van der Waals surface area contributed by atoms with Gasteiger partial charge >= 0.3 is 0 Å². The second kappa shape index (κ2) is 6.10. The van der Waals surface area contributed by atoms with Crippen LogP contribution in [0.1, 0.15) is 22.0 Å². The van der Waals surface area contributed by atoms with E-state index in [-0.39, 0.29) is 17.7 Å². The van der Waals surface area contributed by atoms with Crippen molar-refractivity contribution in [2.45, 2.75) is 5.92 Å². The van der Waals surface area contributed by atoms with Crippen molar-refractivity contribution in [1.29, 1.82) is 0 Å². The lowest BCUT2D eigenvalue weighted by Crippen LogP contribution is -2.29. The van der Waals surface area contributed by atoms with Gasteiger partial charge in [-0.15, -0.1) is 0 Å². The lowest BCUT2D eigenvalue weighted by Gasteiger charge is -2.17. The molecule has 5 heteroatoms. The summed E-state index contributed by atoms with van der Waals surface area (Å²) < 4.78 is 10.5. The molecule has 1 saturated heterocycles. The Kier molecular flexibility index (Phi) is 4.01. The molecular formula is C16H18N2O3. The smallest absolute Gasteiger partial charge is 0.289 e. The van der Waals surface area contributed by atoms with Crippen molar-refractivity contribution >= 4 is 5.91 Å². The third-order valence-electron chi connectivity index (χ3n) is 3.98. The second-order valence-electron chi connectivity index (χ2n) is 5.29. The second-order valence-corrected chi connectivity index (χ2v) is 5.29. The number of likely N-dealkylation sites (tertiary alicyclic amines) is 1. The van der Waals surface area contributed by atoms with Crippen LogP contribution >= 0.6 is 0 Å². The summed E-state index contributed by atoms with van der Waals surface area (Å²) in [6, 6.07) is 7.45. The van der Waals surface area contributed by atoms with Crippen LogP contribution in [-0.4, -0.2) is 42.6 Å². The molecule has 0 N–H and O–H groups in total. The van der Waals surface area contributed by atoms with E-state index in [1.807, 2.05) is 17.0 Å². The first kappa shape index (κ1) is 13.8. The number of amides is 1. The van der Waals surface area contributed by atoms with Crippen molar-refractivity contribution in [2.24, 2.45) is 5.92 Å². The standard InChI is InChI=1S/C16H18N2O3/c1-20-11-13-9-18(16(19)15-3-2-8-21-15)10-14(13)12-4-6-17-7-5-12/h2-8,13-14H,9-11H2,1H3/t13-,14-/m0/s1. The third kappa shape index (κ3) is 2.83. The lowest BCUT2D eigenvalue weighted by molar-refractivity contribution is 0.0744. The Morgan fingerprint density at radius 2 is 2.19 bits per heavy atom. The summed E-state index contributed by atoms with van der Waals surface area (Å²) in [5.74, 6) is 0.891. The van der Waals surface area contributed by atoms with Crippen LogP contribution in [-0.2, 0) is 4.74 Å². The first-order valence-electron chi connectivity index (χ1n) is 7.01. The Morgan fingerprint density at radius 3 is 2.86 bits per heavy atom. The van der Waals surface area contributed by atoms with Crippen molar-refractivity contribution in [3.05, 3.63) is 54.2 Å². The zero-order valence-corrected chi connectivity index (χ0v) is 11.9. The fraction of sp³-hybridized carbons (Fsp3) is 0.375. The highest BCUT2D eigenvalue weighted by Crippen LogP contribution is 2.33. The molecule has 0 unspecified atom stereocenters. The van der Waals surface area contributed by atoms with Crippen molar-refractivity contribution in [3.8, 4) is 0 Å². The first-order valence-corrected chi connectivity index (χ1v) is 7.01. The zero-order valence-electron chi connectivity index (χ0n) is 11.9. The molecule has 1 fully saturated rings. The van der Waals surface area contributed by atoms with Gasteiger partial charge in [-0.1, -0.05) is 0 Å². The number of nitrogens with zero attached hydrogens (tertiary/aromatic N) is 2. The van der Waals surface area contributed by atoms with E-state index in [1.165, 1.54) is 11.8 Å². The van der Waals surface area contributed by atoms with Gasteiger partial charge in [-0.3, -0.25) is 9.78 Å². The van der Waals surface area contributed by atoms with Gasteiger partial charge in [-0.25, -0.2) is 0 Å². The molecule has 1 aliphatic heterocycles. The Labute approximate surface area is 123 Å². The topological polar surface area (TPSA) is 55.6 Å². The maximum absolute atomic E-state index is 12.4. The third-order valence-corrected chi connectivity index (χ3v) is 3.98. The van der Waals surface area contributed by atoms with Crippen molar-refractivity contribution in [2.75, 3.05) is 26.8 Å². The Morgan fingerprint density at radius 1 is 1.38 bits per heavy atom. The molecule has 5 nitrogen and oxygen atoms in total. The number of carbonyl (C=O) groups excluding carboxylic acids is 1. The maximum atomic E-state index is 12.4. The van der Waals surface area contributed by atoms with Gasteiger partial charge in [0, 0.05) is 44.4 Å². The Balaban J connectivity index is 1.79. The number of hydrogen-bond donors (Lipinski definition) is 0. The van der Waals surface area contributed by atoms with Gasteiger partial charge in [0.05, 0.1) is 12.9 Å². The summed E-state index contributed by atoms with van der Waals surface area (Å²) in [7, 11) is 1.70. The van der Waals surface area contributed by atoms with Crippen LogP contribution in [0, 0.1) is 5.92 Å². The summed E-state index contributed by atoms with van der Waals surface area (Å²) in [5, 5.41) is 0. The van der Waals surface area contributed by atoms with E-state index in [4.69, 9.17) is 9.15 Å². The molecule has 110 valence electrons. The predicted molar refractivity (Wildman–Crippen MR) is 77.0 cm³/mol. The number of aromatic nitrogens is 1. The van der Waals surface area contributed by atoms with E-state index < -0.39 is 0 Å². The molecule has 0 spiro atoms. The first-order chi connectivity index (χ1) is 10.3. The SMILES string of the molecule is COC[C@@H]1CN(C(=O)c2ccco2)C[C@H]1c1ccncc1. The number of methoxy groups -OCH3 is 1. The van der Waals surface area contributed by atoms with Gasteiger partial charge in [0.25, 0.3) is 5.91 Å². The van der Waals surface area contributed by atoms with Crippen LogP contribution in [0.3, 0.4) is 0 Å². The molecule has 0 bridgehead atoms. The molecule has 3 rings (SSSR count). The lowest BCUT2D eigenvalue weighted by atomic mass is 9.90. The minimum Gasteiger partial charge on any atom is -0.459 e. The van der Waals surface area contributed by atoms with Crippen LogP contribution in [0.5, 0.6) is 0 Å². The summed E-state index contributed by atoms with van der Waals surface area (Å²) in [5.41, 5.74) is 1.20. The molecule has 2 atom stereocenters. The van der Waals surface area contributed by atoms with Crippen LogP contribution < -0.4 is 0 Å². The van der Waals surface area contributed by atoms with Crippen LogP contribution in [0.2, 0.25) is 0 Å². The van der Waals surface area contributed by atoms with Crippen molar-refractivity contribution in [1.82, 2.24) is 9.88 Å². The molecule has 0 aliphatic carbocycles. The van der Waals surface area contributed by atoms with Crippen LogP contribution in [0.25, 0.3) is 0 Å². The maximum Gasteiger partial charge on any atom is 0.289 e. The molecule has 1 aliphatic rings. The molecular weight excluding hydrogens is 268 g/mol. The number of pyridine rings is 1. The number of rotatable bonds is 4. The zero-order chi connectivity index (χ0) is 14.7. The average Bonchev–Trinajstić information content (AvgIpc) is 3.18. The average molecular weight is 286 g/mol. The van der Waals surface area contributed by atoms with E-state index in [1.54, 1.807) is 31.6 Å². The van der Waals surface area contributed by atoms with E-state index in [0.717, 1.165) is 0 Å². The normalized spacial score (nSPS) is 21.7. The predicted octanol–water partition coefficient (Wildman–Crippen LogP) is 2.18. The molecule has 0 saturated carbocycles. The molecule has 2 aromatic rings. The molecule has 0 aromatic carbocycles. The Hall–Kier alpha value is -2.14. The largest absolute Gasteiger partial charge is 0.459 e. The van der Waals surface area contributed by atoms with Gasteiger partial charge < -0.3 is 14.1 Å². The fourth-order valence-electron chi connectivity index (χ4n) is 2.96. The molecule has 0 radical (unpaired) electrons. The quantitative estimate of drug-likeness (QED) is 0.864. The van der Waals surface area contributed by atoms with E-state index >= 15 is 0 Å². The monoisotopic (exact) mass is 286 g/mol. The van der Waals surface area contributed by atoms with Gasteiger partial charge in [-0.2, -0.15) is 0 Å². The van der Waals surface area contributed by atoms with Crippen molar-refractivity contribution in [3.63, 3.8) is 0 Å². The van der Waals surface area contributed by atoms with Crippen LogP contribution in [0.4, 0.5) is 0 Å². The number of carbonyl (C=O) groups is 1. The van der Waals surface area contributed by atoms with E-state index in [2.05, 4.69) is 4.98 Å². The van der Waals surface area contributed by atoms with Gasteiger partial charge in [-0.05, 0) is 29.8 Å². The number of furan rings is 1. The number of ether oxygens (including phenoxy) is 1. The van der Waals surface area contributed by atoms with Gasteiger partial charge in [0.15, 0.2) is 5.76 Å². The minimum absolute atomic E-state index is 0.0577. The van der Waals surface area contributed by atoms with E-state index in [9.17, 15) is 4.79 Å².